The molecule has 2 rings (SSSR count). The highest BCUT2D eigenvalue weighted by Gasteiger charge is 2.09. The zero-order chi connectivity index (χ0) is 16.7. The number of carbonyl (C=O) groups excluding carboxylic acids is 1. The van der Waals surface area contributed by atoms with E-state index in [2.05, 4.69) is 5.32 Å². The molecule has 0 aliphatic rings. The molecule has 0 fully saturated rings. The van der Waals surface area contributed by atoms with E-state index in [9.17, 15) is 4.79 Å². The van der Waals surface area contributed by atoms with Gasteiger partial charge in [-0.05, 0) is 44.2 Å². The van der Waals surface area contributed by atoms with Crippen LogP contribution in [0, 0.1) is 6.92 Å². The first-order valence-corrected chi connectivity index (χ1v) is 7.78. The topological polar surface area (TPSA) is 47.6 Å². The molecule has 1 N–H and O–H groups in total. The lowest BCUT2D eigenvalue weighted by Gasteiger charge is -2.15. The van der Waals surface area contributed by atoms with Crippen molar-refractivity contribution in [2.24, 2.45) is 0 Å². The van der Waals surface area contributed by atoms with Crippen LogP contribution >= 0.6 is 11.6 Å². The summed E-state index contributed by atoms with van der Waals surface area (Å²) in [6, 6.07) is 14.6. The Hall–Kier alpha value is -2.20. The Balaban J connectivity index is 1.70. The van der Waals surface area contributed by atoms with Gasteiger partial charge in [0.25, 0.3) is 5.91 Å². The maximum absolute atomic E-state index is 11.8. The van der Waals surface area contributed by atoms with Gasteiger partial charge in [0, 0.05) is 5.02 Å². The summed E-state index contributed by atoms with van der Waals surface area (Å²) in [5.74, 6) is 1.15. The van der Waals surface area contributed by atoms with Gasteiger partial charge in [0.15, 0.2) is 6.61 Å². The van der Waals surface area contributed by atoms with E-state index in [4.69, 9.17) is 21.1 Å². The fourth-order valence-corrected chi connectivity index (χ4v) is 2.10. The second-order valence-electron chi connectivity index (χ2n) is 5.34. The summed E-state index contributed by atoms with van der Waals surface area (Å²) in [6.45, 7) is 4.24. The van der Waals surface area contributed by atoms with Gasteiger partial charge in [0.2, 0.25) is 0 Å². The van der Waals surface area contributed by atoms with E-state index in [0.717, 1.165) is 5.75 Å². The van der Waals surface area contributed by atoms with E-state index >= 15 is 0 Å². The molecule has 1 atom stereocenters. The van der Waals surface area contributed by atoms with Crippen molar-refractivity contribution in [3.8, 4) is 11.5 Å². The van der Waals surface area contributed by atoms with Gasteiger partial charge in [-0.2, -0.15) is 0 Å². The molecule has 23 heavy (non-hydrogen) atoms. The first kappa shape index (κ1) is 17.2. The Morgan fingerprint density at radius 1 is 1.13 bits per heavy atom. The van der Waals surface area contributed by atoms with Crippen molar-refractivity contribution in [1.82, 2.24) is 5.32 Å². The molecule has 0 unspecified atom stereocenters. The van der Waals surface area contributed by atoms with Crippen LogP contribution in [0.5, 0.6) is 11.5 Å². The molecule has 0 heterocycles. The lowest BCUT2D eigenvalue weighted by atomic mass is 10.2. The normalized spacial score (nSPS) is 11.6. The van der Waals surface area contributed by atoms with E-state index in [1.54, 1.807) is 24.3 Å². The molecule has 1 amide bonds. The Morgan fingerprint density at radius 2 is 1.87 bits per heavy atom. The molecule has 0 aliphatic carbocycles. The molecule has 2 aromatic carbocycles. The summed E-state index contributed by atoms with van der Waals surface area (Å²) in [5, 5.41) is 3.40. The molecular weight excluding hydrogens is 314 g/mol. The Kier molecular flexibility index (Phi) is 6.29. The molecule has 122 valence electrons. The largest absolute Gasteiger partial charge is 0.491 e. The van der Waals surface area contributed by atoms with Gasteiger partial charge in [-0.1, -0.05) is 35.4 Å². The van der Waals surface area contributed by atoms with Gasteiger partial charge < -0.3 is 14.8 Å². The lowest BCUT2D eigenvalue weighted by Crippen LogP contribution is -2.39. The number of hydrogen-bond acceptors (Lipinski definition) is 3. The van der Waals surface area contributed by atoms with Crippen molar-refractivity contribution in [3.63, 3.8) is 0 Å². The van der Waals surface area contributed by atoms with Crippen LogP contribution in [0.3, 0.4) is 0 Å². The quantitative estimate of drug-likeness (QED) is 0.842. The van der Waals surface area contributed by atoms with Gasteiger partial charge in [0.1, 0.15) is 18.1 Å². The Labute approximate surface area is 141 Å². The third-order valence-corrected chi connectivity index (χ3v) is 3.33. The number of benzene rings is 2. The lowest BCUT2D eigenvalue weighted by molar-refractivity contribution is -0.123. The number of aryl methyl sites for hydroxylation is 1. The molecule has 0 aliphatic heterocycles. The van der Waals surface area contributed by atoms with Gasteiger partial charge >= 0.3 is 0 Å². The van der Waals surface area contributed by atoms with Crippen molar-refractivity contribution < 1.29 is 14.3 Å². The molecular formula is C18H20ClNO3. The predicted molar refractivity (Wildman–Crippen MR) is 91.2 cm³/mol. The number of halogens is 1. The Bertz CT molecular complexity index is 643. The van der Waals surface area contributed by atoms with Crippen molar-refractivity contribution in [2.45, 2.75) is 19.9 Å². The second-order valence-corrected chi connectivity index (χ2v) is 5.78. The van der Waals surface area contributed by atoms with E-state index in [-0.39, 0.29) is 18.6 Å². The number of carbonyl (C=O) groups is 1. The Morgan fingerprint density at radius 3 is 2.57 bits per heavy atom. The molecule has 0 aromatic heterocycles. The SMILES string of the molecule is Cc1ccc(OC[C@H](C)NC(=O)COc2cccc(Cl)c2)cc1. The zero-order valence-electron chi connectivity index (χ0n) is 13.2. The zero-order valence-corrected chi connectivity index (χ0v) is 14.0. The molecule has 2 aromatic rings. The van der Waals surface area contributed by atoms with Crippen LogP contribution in [0.4, 0.5) is 0 Å². The van der Waals surface area contributed by atoms with E-state index in [1.807, 2.05) is 38.1 Å². The van der Waals surface area contributed by atoms with Crippen LogP contribution in [0.1, 0.15) is 12.5 Å². The van der Waals surface area contributed by atoms with Gasteiger partial charge in [-0.25, -0.2) is 0 Å². The van der Waals surface area contributed by atoms with E-state index in [0.29, 0.717) is 17.4 Å². The smallest absolute Gasteiger partial charge is 0.258 e. The summed E-state index contributed by atoms with van der Waals surface area (Å²) < 4.78 is 11.0. The minimum atomic E-state index is -0.204. The third-order valence-electron chi connectivity index (χ3n) is 3.09. The van der Waals surface area contributed by atoms with Crippen LogP contribution < -0.4 is 14.8 Å². The fraction of sp³-hybridized carbons (Fsp3) is 0.278. The maximum Gasteiger partial charge on any atom is 0.258 e. The van der Waals surface area contributed by atoms with Crippen LogP contribution in [0.25, 0.3) is 0 Å². The van der Waals surface area contributed by atoms with E-state index < -0.39 is 0 Å². The standard InChI is InChI=1S/C18H20ClNO3/c1-13-6-8-16(9-7-13)22-11-14(2)20-18(21)12-23-17-5-3-4-15(19)10-17/h3-10,14H,11-12H2,1-2H3,(H,20,21)/t14-/m0/s1. The number of nitrogens with one attached hydrogen (secondary N) is 1. The van der Waals surface area contributed by atoms with Crippen molar-refractivity contribution in [2.75, 3.05) is 13.2 Å². The number of hydrogen-bond donors (Lipinski definition) is 1. The maximum atomic E-state index is 11.8. The molecule has 5 heteroatoms. The van der Waals surface area contributed by atoms with Gasteiger partial charge in [-0.3, -0.25) is 4.79 Å². The minimum Gasteiger partial charge on any atom is -0.491 e. The molecule has 0 bridgehead atoms. The second kappa shape index (κ2) is 8.44. The molecule has 0 saturated carbocycles. The van der Waals surface area contributed by atoms with Gasteiger partial charge in [0.05, 0.1) is 6.04 Å². The van der Waals surface area contributed by atoms with Crippen LogP contribution in [-0.2, 0) is 4.79 Å². The molecule has 0 radical (unpaired) electrons. The van der Waals surface area contributed by atoms with Crippen molar-refractivity contribution >= 4 is 17.5 Å². The van der Waals surface area contributed by atoms with Crippen LogP contribution in [0.2, 0.25) is 5.02 Å². The van der Waals surface area contributed by atoms with E-state index in [1.165, 1.54) is 5.56 Å². The molecule has 4 nitrogen and oxygen atoms in total. The summed E-state index contributed by atoms with van der Waals surface area (Å²) in [5.41, 5.74) is 1.18. The van der Waals surface area contributed by atoms with Crippen LogP contribution in [-0.4, -0.2) is 25.2 Å². The fourth-order valence-electron chi connectivity index (χ4n) is 1.92. The van der Waals surface area contributed by atoms with Crippen molar-refractivity contribution in [3.05, 3.63) is 59.1 Å². The van der Waals surface area contributed by atoms with Gasteiger partial charge in [-0.15, -0.1) is 0 Å². The summed E-state index contributed by atoms with van der Waals surface area (Å²) in [7, 11) is 0. The third kappa shape index (κ3) is 6.20. The van der Waals surface area contributed by atoms with Crippen molar-refractivity contribution in [1.29, 1.82) is 0 Å². The molecule has 0 spiro atoms. The van der Waals surface area contributed by atoms with Crippen LogP contribution in [0.15, 0.2) is 48.5 Å². The average molecular weight is 334 g/mol. The minimum absolute atomic E-state index is 0.0603. The predicted octanol–water partition coefficient (Wildman–Crippen LogP) is 3.61. The number of rotatable bonds is 7. The number of amides is 1. The summed E-state index contributed by atoms with van der Waals surface area (Å²) in [4.78, 5) is 11.8. The highest BCUT2D eigenvalue weighted by atomic mass is 35.5. The number of ether oxygens (including phenoxy) is 2. The highest BCUT2D eigenvalue weighted by Crippen LogP contribution is 2.16. The summed E-state index contributed by atoms with van der Waals surface area (Å²) in [6.07, 6.45) is 0. The first-order valence-electron chi connectivity index (χ1n) is 7.40. The molecule has 0 saturated heterocycles. The summed E-state index contributed by atoms with van der Waals surface area (Å²) >= 11 is 5.86. The first-order chi connectivity index (χ1) is 11.0. The average Bonchev–Trinajstić information content (AvgIpc) is 2.52. The highest BCUT2D eigenvalue weighted by molar-refractivity contribution is 6.30. The monoisotopic (exact) mass is 333 g/mol.